The van der Waals surface area contributed by atoms with Gasteiger partial charge in [0.1, 0.15) is 6.54 Å². The third-order valence-electron chi connectivity index (χ3n) is 4.78. The maximum absolute atomic E-state index is 12.6. The molecule has 3 aromatic rings. The second-order valence-corrected chi connectivity index (χ2v) is 7.73. The van der Waals surface area contributed by atoms with Crippen molar-refractivity contribution < 1.29 is 9.59 Å². The van der Waals surface area contributed by atoms with Crippen molar-refractivity contribution in [2.75, 3.05) is 31.5 Å². The van der Waals surface area contributed by atoms with E-state index in [9.17, 15) is 9.59 Å². The van der Waals surface area contributed by atoms with Gasteiger partial charge in [0.25, 0.3) is 0 Å². The van der Waals surface area contributed by atoms with Crippen LogP contribution in [-0.2, 0) is 11.3 Å². The molecule has 0 radical (unpaired) electrons. The first-order chi connectivity index (χ1) is 14.6. The van der Waals surface area contributed by atoms with Crippen LogP contribution in [0.2, 0.25) is 0 Å². The van der Waals surface area contributed by atoms with E-state index < -0.39 is 0 Å². The minimum Gasteiger partial charge on any atom is -0.337 e. The average molecular weight is 470 g/mol. The van der Waals surface area contributed by atoms with Crippen LogP contribution >= 0.6 is 15.9 Å². The molecule has 154 valence electrons. The fraction of sp³-hybridized carbons (Fsp3) is 0.250. The normalized spacial score (nSPS) is 13.9. The Bertz CT molecular complexity index is 1020. The number of carbonyl (C=O) groups excluding carboxylic acids is 2. The monoisotopic (exact) mass is 469 g/mol. The third-order valence-corrected chi connectivity index (χ3v) is 5.31. The Balaban J connectivity index is 1.28. The molecule has 0 bridgehead atoms. The fourth-order valence-electron chi connectivity index (χ4n) is 3.13. The lowest BCUT2D eigenvalue weighted by Crippen LogP contribution is -2.52. The SMILES string of the molecule is O=C(Cn1nnc(-c2ccc(Br)cc2)n1)N1CCN(C(=O)Nc2ccccc2)CC1. The molecule has 9 nitrogen and oxygen atoms in total. The summed E-state index contributed by atoms with van der Waals surface area (Å²) in [6.07, 6.45) is 0. The second-order valence-electron chi connectivity index (χ2n) is 6.81. The summed E-state index contributed by atoms with van der Waals surface area (Å²) in [5, 5.41) is 15.2. The molecule has 30 heavy (non-hydrogen) atoms. The lowest BCUT2D eigenvalue weighted by Gasteiger charge is -2.34. The van der Waals surface area contributed by atoms with Crippen molar-refractivity contribution in [2.45, 2.75) is 6.54 Å². The van der Waals surface area contributed by atoms with Crippen molar-refractivity contribution in [3.05, 3.63) is 59.1 Å². The van der Waals surface area contributed by atoms with Crippen LogP contribution in [0.4, 0.5) is 10.5 Å². The van der Waals surface area contributed by atoms with Gasteiger partial charge in [-0.3, -0.25) is 4.79 Å². The molecular weight excluding hydrogens is 450 g/mol. The lowest BCUT2D eigenvalue weighted by molar-refractivity contribution is -0.133. The number of hydrogen-bond acceptors (Lipinski definition) is 5. The maximum Gasteiger partial charge on any atom is 0.321 e. The van der Waals surface area contributed by atoms with Crippen LogP contribution in [0, 0.1) is 0 Å². The van der Waals surface area contributed by atoms with Gasteiger partial charge in [-0.25, -0.2) is 4.79 Å². The van der Waals surface area contributed by atoms with Crippen molar-refractivity contribution in [3.63, 3.8) is 0 Å². The summed E-state index contributed by atoms with van der Waals surface area (Å²) in [4.78, 5) is 29.7. The van der Waals surface area contributed by atoms with Crippen molar-refractivity contribution in [1.82, 2.24) is 30.0 Å². The van der Waals surface area contributed by atoms with Crippen molar-refractivity contribution in [3.8, 4) is 11.4 Å². The van der Waals surface area contributed by atoms with Crippen LogP contribution in [0.5, 0.6) is 0 Å². The molecule has 2 heterocycles. The molecule has 3 amide bonds. The Morgan fingerprint density at radius 3 is 2.30 bits per heavy atom. The molecule has 0 aliphatic carbocycles. The van der Waals surface area contributed by atoms with E-state index in [1.807, 2.05) is 54.6 Å². The quantitative estimate of drug-likeness (QED) is 0.632. The summed E-state index contributed by atoms with van der Waals surface area (Å²) < 4.78 is 0.963. The first kappa shape index (κ1) is 20.0. The van der Waals surface area contributed by atoms with Gasteiger partial charge in [0.15, 0.2) is 0 Å². The number of amides is 3. The Labute approximate surface area is 181 Å². The largest absolute Gasteiger partial charge is 0.337 e. The van der Waals surface area contributed by atoms with E-state index >= 15 is 0 Å². The predicted molar refractivity (Wildman–Crippen MR) is 115 cm³/mol. The number of anilines is 1. The summed E-state index contributed by atoms with van der Waals surface area (Å²) in [5.74, 6) is 0.371. The van der Waals surface area contributed by atoms with Gasteiger partial charge in [0, 0.05) is 41.9 Å². The van der Waals surface area contributed by atoms with E-state index in [2.05, 4.69) is 36.7 Å². The number of hydrogen-bond donors (Lipinski definition) is 1. The van der Waals surface area contributed by atoms with Gasteiger partial charge in [-0.1, -0.05) is 34.1 Å². The summed E-state index contributed by atoms with van der Waals surface area (Å²) >= 11 is 3.39. The Hall–Kier alpha value is -3.27. The molecule has 1 aliphatic rings. The number of tetrazole rings is 1. The molecule has 4 rings (SSSR count). The summed E-state index contributed by atoms with van der Waals surface area (Å²) in [6, 6.07) is 16.7. The van der Waals surface area contributed by atoms with Crippen LogP contribution < -0.4 is 5.32 Å². The van der Waals surface area contributed by atoms with E-state index in [-0.39, 0.29) is 18.5 Å². The number of benzene rings is 2. The minimum atomic E-state index is -0.162. The molecule has 1 N–H and O–H groups in total. The number of carbonyl (C=O) groups is 2. The molecule has 2 aromatic carbocycles. The first-order valence-corrected chi connectivity index (χ1v) is 10.3. The van der Waals surface area contributed by atoms with E-state index in [0.29, 0.717) is 32.0 Å². The lowest BCUT2D eigenvalue weighted by atomic mass is 10.2. The average Bonchev–Trinajstić information content (AvgIpc) is 3.23. The van der Waals surface area contributed by atoms with Crippen LogP contribution in [0.25, 0.3) is 11.4 Å². The predicted octanol–water partition coefficient (Wildman–Crippen LogP) is 2.48. The highest BCUT2D eigenvalue weighted by Crippen LogP contribution is 2.17. The topological polar surface area (TPSA) is 96.2 Å². The van der Waals surface area contributed by atoms with Crippen LogP contribution in [-0.4, -0.2) is 68.1 Å². The number of para-hydroxylation sites is 1. The van der Waals surface area contributed by atoms with Gasteiger partial charge < -0.3 is 15.1 Å². The molecule has 1 aromatic heterocycles. The zero-order valence-electron chi connectivity index (χ0n) is 16.1. The van der Waals surface area contributed by atoms with E-state index in [4.69, 9.17) is 0 Å². The maximum atomic E-state index is 12.6. The van der Waals surface area contributed by atoms with E-state index in [1.54, 1.807) is 9.80 Å². The Morgan fingerprint density at radius 2 is 1.60 bits per heavy atom. The van der Waals surface area contributed by atoms with E-state index in [1.165, 1.54) is 4.80 Å². The Kier molecular flexibility index (Phi) is 6.03. The number of nitrogens with one attached hydrogen (secondary N) is 1. The second kappa shape index (κ2) is 9.04. The fourth-order valence-corrected chi connectivity index (χ4v) is 3.39. The van der Waals surface area contributed by atoms with Gasteiger partial charge in [-0.2, -0.15) is 4.80 Å². The van der Waals surface area contributed by atoms with Gasteiger partial charge in [-0.15, -0.1) is 10.2 Å². The number of rotatable bonds is 4. The Morgan fingerprint density at radius 1 is 0.933 bits per heavy atom. The van der Waals surface area contributed by atoms with Crippen LogP contribution in [0.15, 0.2) is 59.1 Å². The molecule has 0 unspecified atom stereocenters. The summed E-state index contributed by atoms with van der Waals surface area (Å²) in [5.41, 5.74) is 1.58. The number of aromatic nitrogens is 4. The molecule has 1 fully saturated rings. The highest BCUT2D eigenvalue weighted by Gasteiger charge is 2.24. The summed E-state index contributed by atoms with van der Waals surface area (Å²) in [7, 11) is 0. The first-order valence-electron chi connectivity index (χ1n) is 9.51. The zero-order valence-corrected chi connectivity index (χ0v) is 17.7. The minimum absolute atomic E-state index is 0.0136. The number of nitrogens with zero attached hydrogens (tertiary/aromatic N) is 6. The van der Waals surface area contributed by atoms with Gasteiger partial charge in [-0.05, 0) is 41.6 Å². The number of halogens is 1. The smallest absolute Gasteiger partial charge is 0.321 e. The van der Waals surface area contributed by atoms with Crippen LogP contribution in [0.1, 0.15) is 0 Å². The van der Waals surface area contributed by atoms with Crippen molar-refractivity contribution >= 4 is 33.6 Å². The van der Waals surface area contributed by atoms with Gasteiger partial charge in [0.2, 0.25) is 11.7 Å². The molecule has 0 atom stereocenters. The standard InChI is InChI=1S/C20H20BrN7O2/c21-16-8-6-15(7-9-16)19-23-25-28(24-19)14-18(29)26-10-12-27(13-11-26)20(30)22-17-4-2-1-3-5-17/h1-9H,10-14H2,(H,22,30). The molecule has 1 saturated heterocycles. The summed E-state index contributed by atoms with van der Waals surface area (Å²) in [6.45, 7) is 1.89. The molecule has 1 aliphatic heterocycles. The van der Waals surface area contributed by atoms with Crippen LogP contribution in [0.3, 0.4) is 0 Å². The highest BCUT2D eigenvalue weighted by molar-refractivity contribution is 9.10. The zero-order chi connectivity index (χ0) is 20.9. The number of piperazine rings is 1. The molecular formula is C20H20BrN7O2. The van der Waals surface area contributed by atoms with Crippen molar-refractivity contribution in [2.24, 2.45) is 0 Å². The van der Waals surface area contributed by atoms with Gasteiger partial charge in [0.05, 0.1) is 0 Å². The molecule has 0 spiro atoms. The third kappa shape index (κ3) is 4.82. The van der Waals surface area contributed by atoms with Crippen molar-refractivity contribution in [1.29, 1.82) is 0 Å². The molecule has 10 heteroatoms. The van der Waals surface area contributed by atoms with E-state index in [0.717, 1.165) is 15.7 Å². The van der Waals surface area contributed by atoms with Gasteiger partial charge >= 0.3 is 6.03 Å². The highest BCUT2D eigenvalue weighted by atomic mass is 79.9. The number of urea groups is 1. The molecule has 0 saturated carbocycles.